The molecule has 3 heterocycles. The van der Waals surface area contributed by atoms with Crippen molar-refractivity contribution < 1.29 is 22.0 Å². The van der Waals surface area contributed by atoms with Crippen molar-refractivity contribution in [3.63, 3.8) is 0 Å². The SMILES string of the molecule is Cc1nnc2nc(N(CC(F)F)c3cc(F)cc(C#CC(C)(C)c4ccncc4)c3)c3c(F)c(F)ccc3n12. The minimum absolute atomic E-state index is 0.0178. The zero-order valence-electron chi connectivity index (χ0n) is 21.1. The van der Waals surface area contributed by atoms with Crippen LogP contribution in [-0.4, -0.2) is 37.5 Å². The van der Waals surface area contributed by atoms with Crippen molar-refractivity contribution in [1.82, 2.24) is 24.6 Å². The molecule has 5 rings (SSSR count). The number of aryl methyl sites for hydroxylation is 1. The normalized spacial score (nSPS) is 11.7. The maximum absolute atomic E-state index is 15.2. The number of hydrogen-bond donors (Lipinski definition) is 0. The Morgan fingerprint density at radius 1 is 1.00 bits per heavy atom. The third kappa shape index (κ3) is 4.97. The van der Waals surface area contributed by atoms with E-state index < -0.39 is 35.8 Å². The van der Waals surface area contributed by atoms with Crippen LogP contribution in [0.5, 0.6) is 0 Å². The van der Waals surface area contributed by atoms with Crippen LogP contribution in [0.1, 0.15) is 30.8 Å². The average Bonchev–Trinajstić information content (AvgIpc) is 3.28. The molecule has 0 N–H and O–H groups in total. The molecule has 0 amide bonds. The summed E-state index contributed by atoms with van der Waals surface area (Å²) in [5, 5.41) is 7.47. The molecule has 0 aliphatic heterocycles. The fourth-order valence-electron chi connectivity index (χ4n) is 4.31. The number of benzene rings is 2. The third-order valence-electron chi connectivity index (χ3n) is 6.24. The number of hydrogen-bond acceptors (Lipinski definition) is 5. The summed E-state index contributed by atoms with van der Waals surface area (Å²) in [4.78, 5) is 9.18. The Morgan fingerprint density at radius 3 is 2.46 bits per heavy atom. The molecule has 0 unspecified atom stereocenters. The largest absolute Gasteiger partial charge is 0.320 e. The molecule has 2 aromatic carbocycles. The van der Waals surface area contributed by atoms with Crippen LogP contribution < -0.4 is 4.90 Å². The summed E-state index contributed by atoms with van der Waals surface area (Å²) < 4.78 is 73.5. The topological polar surface area (TPSA) is 59.2 Å². The third-order valence-corrected chi connectivity index (χ3v) is 6.24. The van der Waals surface area contributed by atoms with Gasteiger partial charge in [0.05, 0.1) is 22.9 Å². The van der Waals surface area contributed by atoms with Crippen molar-refractivity contribution in [2.24, 2.45) is 0 Å². The van der Waals surface area contributed by atoms with Crippen LogP contribution in [0.3, 0.4) is 0 Å². The van der Waals surface area contributed by atoms with Crippen molar-refractivity contribution in [3.05, 3.63) is 89.3 Å². The van der Waals surface area contributed by atoms with E-state index in [1.54, 1.807) is 19.3 Å². The van der Waals surface area contributed by atoms with Gasteiger partial charge in [-0.1, -0.05) is 11.8 Å². The summed E-state index contributed by atoms with van der Waals surface area (Å²) >= 11 is 0. The number of halogens is 5. The highest BCUT2D eigenvalue weighted by atomic mass is 19.3. The van der Waals surface area contributed by atoms with E-state index in [0.717, 1.165) is 28.7 Å². The summed E-state index contributed by atoms with van der Waals surface area (Å²) in [6, 6.07) is 9.38. The first-order valence-electron chi connectivity index (χ1n) is 11.8. The molecule has 0 aliphatic carbocycles. The highest BCUT2D eigenvalue weighted by Gasteiger charge is 2.26. The molecular weight excluding hydrogens is 515 g/mol. The van der Waals surface area contributed by atoms with Crippen molar-refractivity contribution >= 4 is 28.2 Å². The van der Waals surface area contributed by atoms with E-state index in [2.05, 4.69) is 32.0 Å². The molecule has 0 aliphatic rings. The first-order chi connectivity index (χ1) is 18.5. The molecule has 198 valence electrons. The maximum Gasteiger partial charge on any atom is 0.257 e. The molecule has 0 radical (unpaired) electrons. The van der Waals surface area contributed by atoms with Crippen molar-refractivity contribution in [2.45, 2.75) is 32.6 Å². The number of nitrogens with zero attached hydrogens (tertiary/aromatic N) is 6. The van der Waals surface area contributed by atoms with Gasteiger partial charge in [0.2, 0.25) is 0 Å². The number of fused-ring (bicyclic) bond motifs is 3. The zero-order valence-corrected chi connectivity index (χ0v) is 21.1. The van der Waals surface area contributed by atoms with Gasteiger partial charge in [-0.3, -0.25) is 9.38 Å². The van der Waals surface area contributed by atoms with E-state index >= 15 is 4.39 Å². The number of rotatable bonds is 5. The summed E-state index contributed by atoms with van der Waals surface area (Å²) in [6.07, 6.45) is 0.334. The van der Waals surface area contributed by atoms with Crippen LogP contribution in [0, 0.1) is 36.2 Å². The number of aromatic nitrogens is 5. The second-order valence-corrected chi connectivity index (χ2v) is 9.38. The van der Waals surface area contributed by atoms with E-state index in [-0.39, 0.29) is 33.7 Å². The molecule has 39 heavy (non-hydrogen) atoms. The quantitative estimate of drug-likeness (QED) is 0.200. The van der Waals surface area contributed by atoms with Crippen molar-refractivity contribution in [3.8, 4) is 11.8 Å². The van der Waals surface area contributed by atoms with E-state index in [4.69, 9.17) is 0 Å². The van der Waals surface area contributed by atoms with Gasteiger partial charge in [-0.2, -0.15) is 4.98 Å². The smallest absolute Gasteiger partial charge is 0.257 e. The average molecular weight is 537 g/mol. The molecular formula is C28H21F5N6. The van der Waals surface area contributed by atoms with Gasteiger partial charge < -0.3 is 4.90 Å². The Morgan fingerprint density at radius 2 is 1.74 bits per heavy atom. The predicted octanol–water partition coefficient (Wildman–Crippen LogP) is 6.13. The highest BCUT2D eigenvalue weighted by Crippen LogP contribution is 2.35. The monoisotopic (exact) mass is 536 g/mol. The lowest BCUT2D eigenvalue weighted by atomic mass is 9.86. The Kier molecular flexibility index (Phi) is 6.64. The standard InChI is InChI=1S/C28H21F5N6/c1-16-36-37-27-35-26(24-22(39(16)27)5-4-21(30)25(24)33)38(15-23(31)32)20-13-17(12-19(29)14-20)6-9-28(2,3)18-7-10-34-11-8-18/h4-5,7-8,10-14,23H,15H2,1-3H3. The van der Waals surface area contributed by atoms with Gasteiger partial charge in [-0.15, -0.1) is 10.2 Å². The van der Waals surface area contributed by atoms with E-state index in [0.29, 0.717) is 5.82 Å². The molecule has 0 saturated heterocycles. The fourth-order valence-corrected chi connectivity index (χ4v) is 4.31. The number of pyridine rings is 1. The van der Waals surface area contributed by atoms with Gasteiger partial charge in [0.25, 0.3) is 12.2 Å². The van der Waals surface area contributed by atoms with Crippen LogP contribution in [-0.2, 0) is 5.41 Å². The summed E-state index contributed by atoms with van der Waals surface area (Å²) in [5.74, 6) is 2.70. The Balaban J connectivity index is 1.70. The van der Waals surface area contributed by atoms with Crippen LogP contribution in [0.15, 0.2) is 54.9 Å². The van der Waals surface area contributed by atoms with Gasteiger partial charge >= 0.3 is 0 Å². The molecule has 0 atom stereocenters. The van der Waals surface area contributed by atoms with Gasteiger partial charge in [-0.05, 0) is 68.8 Å². The van der Waals surface area contributed by atoms with Gasteiger partial charge in [-0.25, -0.2) is 22.0 Å². The zero-order chi connectivity index (χ0) is 27.9. The first-order valence-corrected chi connectivity index (χ1v) is 11.8. The molecule has 0 fully saturated rings. The van der Waals surface area contributed by atoms with Crippen LogP contribution >= 0.6 is 0 Å². The number of anilines is 2. The van der Waals surface area contributed by atoms with Gasteiger partial charge in [0.1, 0.15) is 17.5 Å². The lowest BCUT2D eigenvalue weighted by Gasteiger charge is -2.25. The Bertz CT molecular complexity index is 1760. The Labute approximate surface area is 220 Å². The summed E-state index contributed by atoms with van der Waals surface area (Å²) in [5.41, 5.74) is 0.492. The molecule has 0 bridgehead atoms. The lowest BCUT2D eigenvalue weighted by molar-refractivity contribution is 0.158. The van der Waals surface area contributed by atoms with E-state index in [1.807, 2.05) is 26.0 Å². The van der Waals surface area contributed by atoms with Gasteiger partial charge in [0, 0.05) is 23.6 Å². The molecule has 0 saturated carbocycles. The number of alkyl halides is 2. The van der Waals surface area contributed by atoms with E-state index in [1.165, 1.54) is 16.5 Å². The second-order valence-electron chi connectivity index (χ2n) is 9.38. The van der Waals surface area contributed by atoms with E-state index in [9.17, 15) is 17.6 Å². The molecule has 5 aromatic rings. The van der Waals surface area contributed by atoms with Crippen LogP contribution in [0.25, 0.3) is 16.7 Å². The second kappa shape index (κ2) is 9.94. The first kappa shape index (κ1) is 26.0. The molecule has 6 nitrogen and oxygen atoms in total. The maximum atomic E-state index is 15.2. The minimum Gasteiger partial charge on any atom is -0.320 e. The predicted molar refractivity (Wildman–Crippen MR) is 136 cm³/mol. The van der Waals surface area contributed by atoms with Crippen molar-refractivity contribution in [1.29, 1.82) is 0 Å². The fraction of sp³-hybridized carbons (Fsp3) is 0.214. The van der Waals surface area contributed by atoms with Crippen LogP contribution in [0.2, 0.25) is 0 Å². The van der Waals surface area contributed by atoms with Gasteiger partial charge in [0.15, 0.2) is 11.6 Å². The molecule has 11 heteroatoms. The highest BCUT2D eigenvalue weighted by molar-refractivity contribution is 5.94. The summed E-state index contributed by atoms with van der Waals surface area (Å²) in [6.45, 7) is 4.35. The lowest BCUT2D eigenvalue weighted by Crippen LogP contribution is -2.26. The molecule has 3 aromatic heterocycles. The van der Waals surface area contributed by atoms with Crippen LogP contribution in [0.4, 0.5) is 33.5 Å². The summed E-state index contributed by atoms with van der Waals surface area (Å²) in [7, 11) is 0. The van der Waals surface area contributed by atoms with Crippen molar-refractivity contribution in [2.75, 3.05) is 11.4 Å². The molecule has 0 spiro atoms. The minimum atomic E-state index is -2.93. The Hall–Kier alpha value is -4.59.